The number of anilines is 2. The molecule has 6 nitrogen and oxygen atoms in total. The van der Waals surface area contributed by atoms with Gasteiger partial charge in [0.1, 0.15) is 17.3 Å². The molecule has 0 saturated carbocycles. The van der Waals surface area contributed by atoms with Gasteiger partial charge < -0.3 is 14.7 Å². The lowest BCUT2D eigenvalue weighted by atomic mass is 10.4. The molecule has 90 valence electrons. The fourth-order valence-corrected chi connectivity index (χ4v) is 1.34. The molecule has 0 aromatic carbocycles. The van der Waals surface area contributed by atoms with Gasteiger partial charge in [0.15, 0.2) is 0 Å². The van der Waals surface area contributed by atoms with Crippen molar-refractivity contribution in [2.24, 2.45) is 0 Å². The smallest absolute Gasteiger partial charge is 0.226 e. The van der Waals surface area contributed by atoms with E-state index in [9.17, 15) is 0 Å². The van der Waals surface area contributed by atoms with E-state index in [-0.39, 0.29) is 0 Å². The highest BCUT2D eigenvalue weighted by Gasteiger charge is 2.03. The number of aromatic nitrogens is 3. The zero-order valence-corrected chi connectivity index (χ0v) is 10.1. The van der Waals surface area contributed by atoms with Crippen molar-refractivity contribution in [3.05, 3.63) is 29.8 Å². The Morgan fingerprint density at radius 2 is 2.24 bits per heavy atom. The van der Waals surface area contributed by atoms with Gasteiger partial charge in [0.25, 0.3) is 0 Å². The van der Waals surface area contributed by atoms with Gasteiger partial charge in [0, 0.05) is 26.4 Å². The summed E-state index contributed by atoms with van der Waals surface area (Å²) in [5.74, 6) is 2.24. The summed E-state index contributed by atoms with van der Waals surface area (Å²) < 4.78 is 4.98. The van der Waals surface area contributed by atoms with E-state index in [1.165, 1.54) is 0 Å². The van der Waals surface area contributed by atoms with E-state index in [1.807, 2.05) is 38.1 Å². The summed E-state index contributed by atoms with van der Waals surface area (Å²) in [6, 6.07) is 3.71. The summed E-state index contributed by atoms with van der Waals surface area (Å²) in [5.41, 5.74) is 0.854. The summed E-state index contributed by atoms with van der Waals surface area (Å²) in [5, 5.41) is 7.07. The van der Waals surface area contributed by atoms with Gasteiger partial charge in [0.2, 0.25) is 5.95 Å². The first-order chi connectivity index (χ1) is 8.15. The summed E-state index contributed by atoms with van der Waals surface area (Å²) in [6.45, 7) is 2.45. The lowest BCUT2D eigenvalue weighted by molar-refractivity contribution is 0.391. The second-order valence-corrected chi connectivity index (χ2v) is 3.92. The highest BCUT2D eigenvalue weighted by atomic mass is 16.5. The molecule has 0 aliphatic heterocycles. The van der Waals surface area contributed by atoms with Crippen molar-refractivity contribution >= 4 is 11.8 Å². The van der Waals surface area contributed by atoms with Crippen LogP contribution in [0.15, 0.2) is 22.9 Å². The third kappa shape index (κ3) is 2.93. The van der Waals surface area contributed by atoms with Gasteiger partial charge in [-0.15, -0.1) is 0 Å². The van der Waals surface area contributed by atoms with Crippen LogP contribution >= 0.6 is 0 Å². The molecule has 0 aliphatic carbocycles. The molecule has 0 fully saturated rings. The quantitative estimate of drug-likeness (QED) is 0.862. The van der Waals surface area contributed by atoms with Gasteiger partial charge in [-0.25, -0.2) is 4.98 Å². The van der Waals surface area contributed by atoms with Gasteiger partial charge in [-0.3, -0.25) is 0 Å². The van der Waals surface area contributed by atoms with E-state index in [0.29, 0.717) is 12.5 Å². The Hall–Kier alpha value is -2.11. The van der Waals surface area contributed by atoms with Gasteiger partial charge in [-0.1, -0.05) is 5.16 Å². The topological polar surface area (TPSA) is 67.1 Å². The number of nitrogens with zero attached hydrogens (tertiary/aromatic N) is 4. The second-order valence-electron chi connectivity index (χ2n) is 3.92. The zero-order valence-electron chi connectivity index (χ0n) is 10.1. The zero-order chi connectivity index (χ0) is 12.3. The Morgan fingerprint density at radius 1 is 1.41 bits per heavy atom. The Balaban J connectivity index is 2.01. The van der Waals surface area contributed by atoms with E-state index in [1.54, 1.807) is 6.20 Å². The molecule has 6 heteroatoms. The van der Waals surface area contributed by atoms with Crippen LogP contribution in [0.1, 0.15) is 11.5 Å². The lowest BCUT2D eigenvalue weighted by Gasteiger charge is -2.11. The average molecular weight is 233 g/mol. The van der Waals surface area contributed by atoms with Crippen LogP contribution in [0.5, 0.6) is 0 Å². The van der Waals surface area contributed by atoms with Crippen molar-refractivity contribution in [1.82, 2.24) is 15.1 Å². The highest BCUT2D eigenvalue weighted by Crippen LogP contribution is 2.09. The predicted molar refractivity (Wildman–Crippen MR) is 64.9 cm³/mol. The Bertz CT molecular complexity index is 494. The van der Waals surface area contributed by atoms with Crippen molar-refractivity contribution in [1.29, 1.82) is 0 Å². The number of rotatable bonds is 4. The second kappa shape index (κ2) is 4.82. The molecule has 0 amide bonds. The average Bonchev–Trinajstić information content (AvgIpc) is 2.73. The first-order valence-corrected chi connectivity index (χ1v) is 5.31. The molecule has 0 bridgehead atoms. The molecule has 0 unspecified atom stereocenters. The normalized spacial score (nSPS) is 10.3. The van der Waals surface area contributed by atoms with Gasteiger partial charge in [0.05, 0.1) is 6.54 Å². The van der Waals surface area contributed by atoms with Crippen LogP contribution in [0.3, 0.4) is 0 Å². The molecule has 2 aromatic rings. The van der Waals surface area contributed by atoms with Crippen molar-refractivity contribution in [2.45, 2.75) is 13.5 Å². The summed E-state index contributed by atoms with van der Waals surface area (Å²) in [7, 11) is 3.81. The SMILES string of the molecule is Cc1cc(CNc2ccnc(N(C)C)n2)no1. The molecule has 0 aliphatic rings. The predicted octanol–water partition coefficient (Wildman–Crippen LogP) is 1.45. The number of hydrogen-bond donors (Lipinski definition) is 1. The van der Waals surface area contributed by atoms with Crippen LogP contribution in [0.2, 0.25) is 0 Å². The summed E-state index contributed by atoms with van der Waals surface area (Å²) >= 11 is 0. The number of nitrogens with one attached hydrogen (secondary N) is 1. The van der Waals surface area contributed by atoms with Gasteiger partial charge in [-0.05, 0) is 13.0 Å². The molecule has 0 radical (unpaired) electrons. The third-order valence-electron chi connectivity index (χ3n) is 2.17. The summed E-state index contributed by atoms with van der Waals surface area (Å²) in [4.78, 5) is 10.3. The molecule has 2 heterocycles. The minimum atomic E-state index is 0.585. The minimum absolute atomic E-state index is 0.585. The molecular formula is C11H15N5O. The molecule has 0 saturated heterocycles. The highest BCUT2D eigenvalue weighted by molar-refractivity contribution is 5.40. The molecule has 0 atom stereocenters. The van der Waals surface area contributed by atoms with Crippen molar-refractivity contribution in [3.8, 4) is 0 Å². The maximum atomic E-state index is 4.98. The fourth-order valence-electron chi connectivity index (χ4n) is 1.34. The van der Waals surface area contributed by atoms with E-state index in [4.69, 9.17) is 4.52 Å². The molecule has 0 spiro atoms. The van der Waals surface area contributed by atoms with Crippen LogP contribution in [0.25, 0.3) is 0 Å². The number of hydrogen-bond acceptors (Lipinski definition) is 6. The Kier molecular flexibility index (Phi) is 3.22. The maximum absolute atomic E-state index is 4.98. The fraction of sp³-hybridized carbons (Fsp3) is 0.364. The molecule has 1 N–H and O–H groups in total. The molecular weight excluding hydrogens is 218 g/mol. The number of aryl methyl sites for hydroxylation is 1. The maximum Gasteiger partial charge on any atom is 0.226 e. The Labute approximate surface area is 99.7 Å². The van der Waals surface area contributed by atoms with Crippen LogP contribution in [0.4, 0.5) is 11.8 Å². The van der Waals surface area contributed by atoms with Crippen LogP contribution in [0, 0.1) is 6.92 Å². The first kappa shape index (κ1) is 11.4. The first-order valence-electron chi connectivity index (χ1n) is 5.31. The molecule has 2 aromatic heterocycles. The van der Waals surface area contributed by atoms with E-state index < -0.39 is 0 Å². The van der Waals surface area contributed by atoms with Crippen molar-refractivity contribution in [2.75, 3.05) is 24.3 Å². The van der Waals surface area contributed by atoms with Crippen molar-refractivity contribution < 1.29 is 4.52 Å². The van der Waals surface area contributed by atoms with E-state index >= 15 is 0 Å². The van der Waals surface area contributed by atoms with E-state index in [2.05, 4.69) is 20.4 Å². The van der Waals surface area contributed by atoms with Crippen LogP contribution < -0.4 is 10.2 Å². The van der Waals surface area contributed by atoms with Crippen LogP contribution in [-0.2, 0) is 6.54 Å². The third-order valence-corrected chi connectivity index (χ3v) is 2.17. The lowest BCUT2D eigenvalue weighted by Crippen LogP contribution is -2.13. The monoisotopic (exact) mass is 233 g/mol. The Morgan fingerprint density at radius 3 is 2.88 bits per heavy atom. The van der Waals surface area contributed by atoms with Gasteiger partial charge >= 0.3 is 0 Å². The standard InChI is InChI=1S/C11H15N5O/c1-8-6-9(15-17-8)7-13-10-4-5-12-11(14-10)16(2)3/h4-6H,7H2,1-3H3,(H,12,13,14). The summed E-state index contributed by atoms with van der Waals surface area (Å²) in [6.07, 6.45) is 1.72. The molecule has 17 heavy (non-hydrogen) atoms. The van der Waals surface area contributed by atoms with Crippen molar-refractivity contribution in [3.63, 3.8) is 0 Å². The van der Waals surface area contributed by atoms with Crippen LogP contribution in [-0.4, -0.2) is 29.2 Å². The largest absolute Gasteiger partial charge is 0.364 e. The minimum Gasteiger partial charge on any atom is -0.364 e. The van der Waals surface area contributed by atoms with E-state index in [0.717, 1.165) is 17.3 Å². The molecule has 2 rings (SSSR count). The van der Waals surface area contributed by atoms with Gasteiger partial charge in [-0.2, -0.15) is 4.98 Å².